The number of nitrogens with zero attached hydrogens (tertiary/aromatic N) is 6. The highest BCUT2D eigenvalue weighted by Crippen LogP contribution is 2.24. The van der Waals surface area contributed by atoms with Crippen LogP contribution >= 0.6 is 0 Å². The first kappa shape index (κ1) is 30.2. The highest BCUT2D eigenvalue weighted by Gasteiger charge is 2.21. The first-order chi connectivity index (χ1) is 18.4. The molecule has 0 saturated carbocycles. The van der Waals surface area contributed by atoms with E-state index in [0.717, 1.165) is 38.0 Å². The van der Waals surface area contributed by atoms with Gasteiger partial charge in [0.05, 0.1) is 0 Å². The standard InChI is InChI=1S/C16H27N5.C10H22N4.C2H6/c1(10-20-13-8-17-9-14-20)3-15-4-11-21(12-5-15)16-18-6-2-7-19-16;1-5-13(6-2-11-1)9-10-14-7-3-12-4-8-14;1-2/h2,6-7,15,17H,1,3-5,8-14H2;11-12H,1-10H2;1-2H3. The van der Waals surface area contributed by atoms with Crippen LogP contribution in [0.5, 0.6) is 0 Å². The Morgan fingerprint density at radius 2 is 1.08 bits per heavy atom. The van der Waals surface area contributed by atoms with E-state index < -0.39 is 0 Å². The number of piperidine rings is 1. The summed E-state index contributed by atoms with van der Waals surface area (Å²) < 4.78 is 0. The molecule has 0 aromatic carbocycles. The molecule has 0 spiro atoms. The molecule has 4 saturated heterocycles. The molecule has 212 valence electrons. The first-order valence-corrected chi connectivity index (χ1v) is 15.2. The van der Waals surface area contributed by atoms with Gasteiger partial charge in [0.2, 0.25) is 5.95 Å². The van der Waals surface area contributed by atoms with Gasteiger partial charge in [-0.1, -0.05) is 13.8 Å². The van der Waals surface area contributed by atoms with Crippen molar-refractivity contribution in [1.29, 1.82) is 0 Å². The fraction of sp³-hybridized carbons (Fsp3) is 0.857. The van der Waals surface area contributed by atoms with Crippen LogP contribution in [0.1, 0.15) is 39.5 Å². The predicted octanol–water partition coefficient (Wildman–Crippen LogP) is 1.20. The Morgan fingerprint density at radius 3 is 1.54 bits per heavy atom. The van der Waals surface area contributed by atoms with Gasteiger partial charge >= 0.3 is 0 Å². The van der Waals surface area contributed by atoms with Gasteiger partial charge in [0, 0.05) is 117 Å². The molecule has 5 rings (SSSR count). The minimum absolute atomic E-state index is 0.896. The smallest absolute Gasteiger partial charge is 0.225 e. The summed E-state index contributed by atoms with van der Waals surface area (Å²) in [6.45, 7) is 24.4. The van der Waals surface area contributed by atoms with Crippen molar-refractivity contribution in [3.8, 4) is 0 Å². The van der Waals surface area contributed by atoms with Crippen molar-refractivity contribution in [3.63, 3.8) is 0 Å². The Kier molecular flexibility index (Phi) is 15.4. The third kappa shape index (κ3) is 11.9. The molecule has 0 radical (unpaired) electrons. The van der Waals surface area contributed by atoms with Gasteiger partial charge in [-0.05, 0) is 44.2 Å². The molecular weight excluding hydrogens is 462 g/mol. The van der Waals surface area contributed by atoms with Gasteiger partial charge in [-0.25, -0.2) is 9.97 Å². The number of anilines is 1. The second kappa shape index (κ2) is 18.8. The molecular formula is C28H55N9. The lowest BCUT2D eigenvalue weighted by Gasteiger charge is -2.32. The van der Waals surface area contributed by atoms with E-state index in [1.165, 1.54) is 111 Å². The lowest BCUT2D eigenvalue weighted by molar-refractivity contribution is 0.177. The minimum atomic E-state index is 0.896. The maximum Gasteiger partial charge on any atom is 0.225 e. The highest BCUT2D eigenvalue weighted by molar-refractivity contribution is 5.28. The van der Waals surface area contributed by atoms with E-state index in [1.807, 2.05) is 32.3 Å². The Labute approximate surface area is 226 Å². The molecule has 4 fully saturated rings. The zero-order valence-electron chi connectivity index (χ0n) is 23.8. The van der Waals surface area contributed by atoms with Gasteiger partial charge in [-0.15, -0.1) is 0 Å². The maximum atomic E-state index is 4.35. The summed E-state index contributed by atoms with van der Waals surface area (Å²) in [4.78, 5) is 18.8. The van der Waals surface area contributed by atoms with E-state index in [9.17, 15) is 0 Å². The van der Waals surface area contributed by atoms with Gasteiger partial charge in [-0.2, -0.15) is 0 Å². The van der Waals surface area contributed by atoms with E-state index >= 15 is 0 Å². The molecule has 37 heavy (non-hydrogen) atoms. The Morgan fingerprint density at radius 1 is 0.649 bits per heavy atom. The lowest BCUT2D eigenvalue weighted by atomic mass is 9.92. The highest BCUT2D eigenvalue weighted by atomic mass is 15.3. The van der Waals surface area contributed by atoms with Crippen LogP contribution in [0.15, 0.2) is 18.5 Å². The molecule has 3 N–H and O–H groups in total. The Bertz CT molecular complexity index is 633. The molecule has 9 nitrogen and oxygen atoms in total. The van der Waals surface area contributed by atoms with Crippen LogP contribution in [0.3, 0.4) is 0 Å². The third-order valence-corrected chi connectivity index (χ3v) is 7.90. The molecule has 1 aromatic rings. The van der Waals surface area contributed by atoms with Crippen molar-refractivity contribution in [2.24, 2.45) is 5.92 Å². The Balaban J connectivity index is 0.000000207. The fourth-order valence-corrected chi connectivity index (χ4v) is 5.57. The number of aromatic nitrogens is 2. The van der Waals surface area contributed by atoms with E-state index in [4.69, 9.17) is 0 Å². The molecule has 0 amide bonds. The number of nitrogens with one attached hydrogen (secondary N) is 3. The van der Waals surface area contributed by atoms with Gasteiger partial charge in [0.1, 0.15) is 0 Å². The molecule has 4 aliphatic rings. The average Bonchev–Trinajstić information content (AvgIpc) is 3.00. The molecule has 0 unspecified atom stereocenters. The quantitative estimate of drug-likeness (QED) is 0.472. The molecule has 0 atom stereocenters. The lowest BCUT2D eigenvalue weighted by Crippen LogP contribution is -2.49. The summed E-state index contributed by atoms with van der Waals surface area (Å²) in [5.74, 6) is 1.80. The van der Waals surface area contributed by atoms with Crippen molar-refractivity contribution >= 4 is 5.95 Å². The van der Waals surface area contributed by atoms with Crippen LogP contribution in [0.4, 0.5) is 5.95 Å². The SMILES string of the molecule is C1CN(CCN2CCNCC2)CCN1.CC.c1cnc(N2CCC(CCCN3CCNCC3)CC2)nc1. The topological polar surface area (TPSA) is 74.8 Å². The van der Waals surface area contributed by atoms with Crippen LogP contribution < -0.4 is 20.9 Å². The number of hydrogen-bond donors (Lipinski definition) is 3. The minimum Gasteiger partial charge on any atom is -0.341 e. The summed E-state index contributed by atoms with van der Waals surface area (Å²) in [6.07, 6.45) is 8.99. The molecule has 1 aromatic heterocycles. The number of piperazine rings is 3. The summed E-state index contributed by atoms with van der Waals surface area (Å²) in [6, 6.07) is 1.88. The van der Waals surface area contributed by atoms with Crippen LogP contribution in [-0.2, 0) is 0 Å². The zero-order chi connectivity index (χ0) is 26.0. The summed E-state index contributed by atoms with van der Waals surface area (Å²) in [5, 5.41) is 10.2. The zero-order valence-corrected chi connectivity index (χ0v) is 23.8. The van der Waals surface area contributed by atoms with Crippen LogP contribution in [-0.4, -0.2) is 136 Å². The van der Waals surface area contributed by atoms with Gasteiger partial charge in [0.15, 0.2) is 0 Å². The summed E-state index contributed by atoms with van der Waals surface area (Å²) in [7, 11) is 0. The molecule has 4 aliphatic heterocycles. The van der Waals surface area contributed by atoms with Gasteiger partial charge in [0.25, 0.3) is 0 Å². The largest absolute Gasteiger partial charge is 0.341 e. The number of rotatable bonds is 8. The van der Waals surface area contributed by atoms with Crippen molar-refractivity contribution in [3.05, 3.63) is 18.5 Å². The van der Waals surface area contributed by atoms with Crippen LogP contribution in [0.25, 0.3) is 0 Å². The first-order valence-electron chi connectivity index (χ1n) is 15.2. The van der Waals surface area contributed by atoms with E-state index in [1.54, 1.807) is 0 Å². The number of hydrogen-bond acceptors (Lipinski definition) is 9. The predicted molar refractivity (Wildman–Crippen MR) is 155 cm³/mol. The van der Waals surface area contributed by atoms with Crippen molar-refractivity contribution in [2.45, 2.75) is 39.5 Å². The molecule has 5 heterocycles. The molecule has 9 heteroatoms. The average molecular weight is 518 g/mol. The normalized spacial score (nSPS) is 22.5. The van der Waals surface area contributed by atoms with Gasteiger partial charge < -0.3 is 25.8 Å². The molecule has 0 aliphatic carbocycles. The van der Waals surface area contributed by atoms with Crippen molar-refractivity contribution in [1.82, 2.24) is 40.6 Å². The monoisotopic (exact) mass is 517 g/mol. The second-order valence-electron chi connectivity index (χ2n) is 10.4. The molecule has 0 bridgehead atoms. The van der Waals surface area contributed by atoms with Crippen LogP contribution in [0.2, 0.25) is 0 Å². The van der Waals surface area contributed by atoms with Crippen LogP contribution in [0, 0.1) is 5.92 Å². The van der Waals surface area contributed by atoms with E-state index in [0.29, 0.717) is 0 Å². The van der Waals surface area contributed by atoms with Crippen molar-refractivity contribution in [2.75, 3.05) is 116 Å². The van der Waals surface area contributed by atoms with E-state index in [2.05, 4.69) is 45.5 Å². The second-order valence-corrected chi connectivity index (χ2v) is 10.4. The fourth-order valence-electron chi connectivity index (χ4n) is 5.57. The Hall–Kier alpha value is -1.36. The summed E-state index contributed by atoms with van der Waals surface area (Å²) in [5.41, 5.74) is 0. The van der Waals surface area contributed by atoms with Gasteiger partial charge in [-0.3, -0.25) is 9.80 Å². The van der Waals surface area contributed by atoms with E-state index in [-0.39, 0.29) is 0 Å². The van der Waals surface area contributed by atoms with Crippen molar-refractivity contribution < 1.29 is 0 Å². The third-order valence-electron chi connectivity index (χ3n) is 7.90. The maximum absolute atomic E-state index is 4.35. The summed E-state index contributed by atoms with van der Waals surface area (Å²) >= 11 is 0.